The van der Waals surface area contributed by atoms with Gasteiger partial charge in [0.05, 0.1) is 39.7 Å². The van der Waals surface area contributed by atoms with Gasteiger partial charge in [0.25, 0.3) is 11.8 Å². The summed E-state index contributed by atoms with van der Waals surface area (Å²) in [4.78, 5) is 58.7. The lowest BCUT2D eigenvalue weighted by atomic mass is 9.83. The van der Waals surface area contributed by atoms with Crippen LogP contribution in [-0.2, 0) is 42.3 Å². The Hall–Kier alpha value is -1.63. The van der Waals surface area contributed by atoms with Crippen LogP contribution < -0.4 is 0 Å². The number of ether oxygens (including phenoxy) is 2. The largest absolute Gasteiger partial charge is 0.472 e. The third kappa shape index (κ3) is 11.3. The molecule has 2 amide bonds. The number of phosphoric acid groups is 1. The number of carbonyl (C=O) groups is 4. The first-order valence-corrected chi connectivity index (χ1v) is 13.1. The van der Waals surface area contributed by atoms with E-state index in [2.05, 4.69) is 15.9 Å². The monoisotopic (exact) mass is 585 g/mol. The fraction of sp³-hybridized carbons (Fsp3) is 0.714. The maximum Gasteiger partial charge on any atom is 0.472 e. The molecule has 0 radical (unpaired) electrons. The van der Waals surface area contributed by atoms with Crippen LogP contribution in [0.5, 0.6) is 0 Å². The number of halogens is 1. The second-order valence-electron chi connectivity index (χ2n) is 9.84. The van der Waals surface area contributed by atoms with Crippen molar-refractivity contribution >= 4 is 47.5 Å². The molecule has 35 heavy (non-hydrogen) atoms. The zero-order chi connectivity index (χ0) is 27.1. The van der Waals surface area contributed by atoms with E-state index >= 15 is 0 Å². The molecule has 0 aromatic carbocycles. The van der Waals surface area contributed by atoms with Crippen LogP contribution in [0.2, 0.25) is 0 Å². The van der Waals surface area contributed by atoms with E-state index in [4.69, 9.17) is 18.5 Å². The van der Waals surface area contributed by atoms with E-state index in [0.29, 0.717) is 11.0 Å². The summed E-state index contributed by atoms with van der Waals surface area (Å²) in [5, 5.41) is 0. The summed E-state index contributed by atoms with van der Waals surface area (Å²) in [6.07, 6.45) is 2.27. The number of carbonyl (C=O) groups excluding carboxylic acids is 4. The van der Waals surface area contributed by atoms with Crippen LogP contribution in [0.4, 0.5) is 0 Å². The molecule has 0 fully saturated rings. The van der Waals surface area contributed by atoms with Crippen molar-refractivity contribution in [2.24, 2.45) is 5.41 Å². The van der Waals surface area contributed by atoms with E-state index in [1.54, 1.807) is 13.8 Å². The summed E-state index contributed by atoms with van der Waals surface area (Å²) < 4.78 is 31.1. The topological polar surface area (TPSA) is 146 Å². The van der Waals surface area contributed by atoms with Crippen LogP contribution in [0.3, 0.4) is 0 Å². The number of nitrogens with zero attached hydrogens (tertiary/aromatic N) is 2. The van der Waals surface area contributed by atoms with Crippen molar-refractivity contribution < 1.29 is 51.6 Å². The van der Waals surface area contributed by atoms with Crippen LogP contribution in [0, 0.1) is 5.41 Å². The second-order valence-corrected chi connectivity index (χ2v) is 13.0. The first-order valence-electron chi connectivity index (χ1n) is 10.9. The van der Waals surface area contributed by atoms with Crippen molar-refractivity contribution in [3.05, 3.63) is 12.2 Å². The van der Waals surface area contributed by atoms with Gasteiger partial charge in [0.15, 0.2) is 0 Å². The van der Waals surface area contributed by atoms with Crippen LogP contribution >= 0.6 is 23.8 Å². The minimum absolute atomic E-state index is 0.00564. The minimum Gasteiger partial charge on any atom is -0.463 e. The molecule has 0 aliphatic carbocycles. The molecule has 2 atom stereocenters. The van der Waals surface area contributed by atoms with Crippen molar-refractivity contribution in [2.75, 3.05) is 60.7 Å². The number of rotatable bonds is 15. The van der Waals surface area contributed by atoms with Gasteiger partial charge < -0.3 is 18.9 Å². The minimum atomic E-state index is -4.28. The fourth-order valence-corrected chi connectivity index (χ4v) is 4.46. The average molecular weight is 586 g/mol. The standard InChI is InChI=1S/C21H34BrN2O10P/c1-20(2,18(27)31-11-9-23-16(25)7-8-17(23)26)15-21(3,22)19(28)32-13-14-34-35(29,30)33-12-10-24(4,5)6/h7-8H,9-15H2,1-6H3/p+1. The highest BCUT2D eigenvalue weighted by Crippen LogP contribution is 2.43. The number of hydrogen-bond acceptors (Lipinski definition) is 9. The van der Waals surface area contributed by atoms with Gasteiger partial charge in [-0.05, 0) is 27.2 Å². The Bertz CT molecular complexity index is 864. The number of esters is 2. The Morgan fingerprint density at radius 3 is 2.03 bits per heavy atom. The Kier molecular flexibility index (Phi) is 11.3. The highest BCUT2D eigenvalue weighted by atomic mass is 79.9. The number of quaternary nitrogens is 1. The van der Waals surface area contributed by atoms with Crippen molar-refractivity contribution in [3.63, 3.8) is 0 Å². The molecule has 0 saturated heterocycles. The van der Waals surface area contributed by atoms with Crippen LogP contribution in [-0.4, -0.2) is 103 Å². The summed E-state index contributed by atoms with van der Waals surface area (Å²) in [7, 11) is 1.43. The average Bonchev–Trinajstić information content (AvgIpc) is 3.01. The molecule has 1 N–H and O–H groups in total. The van der Waals surface area contributed by atoms with E-state index < -0.39 is 41.3 Å². The summed E-state index contributed by atoms with van der Waals surface area (Å²) in [6.45, 7) is 4.26. The van der Waals surface area contributed by atoms with Gasteiger partial charge in [-0.25, -0.2) is 4.57 Å². The van der Waals surface area contributed by atoms with E-state index in [0.717, 1.165) is 17.1 Å². The third-order valence-electron chi connectivity index (χ3n) is 4.79. The van der Waals surface area contributed by atoms with Crippen molar-refractivity contribution in [2.45, 2.75) is 31.5 Å². The number of hydrogen-bond donors (Lipinski definition) is 1. The SMILES string of the molecule is CC(C)(CC(C)(Br)C(=O)OCCOP(=O)(O)OCC[N+](C)(C)C)C(=O)OCCN1C(=O)C=CC1=O. The van der Waals surface area contributed by atoms with Gasteiger partial charge in [0.1, 0.15) is 30.7 Å². The van der Waals surface area contributed by atoms with Gasteiger partial charge in [-0.2, -0.15) is 0 Å². The van der Waals surface area contributed by atoms with Crippen LogP contribution in [0.25, 0.3) is 0 Å². The summed E-state index contributed by atoms with van der Waals surface area (Å²) in [5.41, 5.74) is -1.12. The van der Waals surface area contributed by atoms with Crippen molar-refractivity contribution in [1.29, 1.82) is 0 Å². The fourth-order valence-electron chi connectivity index (χ4n) is 2.96. The normalized spacial score (nSPS) is 17.8. The molecule has 12 nitrogen and oxygen atoms in total. The summed E-state index contributed by atoms with van der Waals surface area (Å²) >= 11 is 3.27. The Morgan fingerprint density at radius 2 is 1.49 bits per heavy atom. The zero-order valence-corrected chi connectivity index (χ0v) is 23.4. The van der Waals surface area contributed by atoms with Crippen LogP contribution in [0.15, 0.2) is 12.2 Å². The van der Waals surface area contributed by atoms with Gasteiger partial charge in [0, 0.05) is 12.2 Å². The van der Waals surface area contributed by atoms with Gasteiger partial charge in [-0.15, -0.1) is 0 Å². The van der Waals surface area contributed by atoms with Crippen LogP contribution in [0.1, 0.15) is 27.2 Å². The predicted molar refractivity (Wildman–Crippen MR) is 128 cm³/mol. The molecule has 0 aromatic rings. The predicted octanol–water partition coefficient (Wildman–Crippen LogP) is 1.41. The number of likely N-dealkylation sites (N-methyl/N-ethyl adjacent to an activating group) is 1. The Balaban J connectivity index is 2.43. The van der Waals surface area contributed by atoms with E-state index in [9.17, 15) is 28.6 Å². The number of alkyl halides is 1. The molecular formula is C21H35BrN2O10P+. The molecular weight excluding hydrogens is 551 g/mol. The summed E-state index contributed by atoms with van der Waals surface area (Å²) in [5.74, 6) is -2.28. The van der Waals surface area contributed by atoms with Gasteiger partial charge in [-0.1, -0.05) is 15.9 Å². The third-order valence-corrected chi connectivity index (χ3v) is 6.41. The van der Waals surface area contributed by atoms with Gasteiger partial charge in [0.2, 0.25) is 0 Å². The van der Waals surface area contributed by atoms with Crippen molar-refractivity contribution in [1.82, 2.24) is 4.90 Å². The molecule has 1 aliphatic heterocycles. The lowest BCUT2D eigenvalue weighted by Gasteiger charge is -2.30. The molecule has 0 aromatic heterocycles. The lowest BCUT2D eigenvalue weighted by Crippen LogP contribution is -2.41. The van der Waals surface area contributed by atoms with E-state index in [1.165, 1.54) is 6.92 Å². The highest BCUT2D eigenvalue weighted by Gasteiger charge is 2.42. The molecule has 0 bridgehead atoms. The Labute approximate surface area is 213 Å². The quantitative estimate of drug-likeness (QED) is 0.0747. The van der Waals surface area contributed by atoms with E-state index in [-0.39, 0.29) is 39.4 Å². The first-order chi connectivity index (χ1) is 15.9. The molecule has 2 unspecified atom stereocenters. The van der Waals surface area contributed by atoms with E-state index in [1.807, 2.05) is 21.1 Å². The van der Waals surface area contributed by atoms with Gasteiger partial charge >= 0.3 is 19.8 Å². The number of imide groups is 1. The highest BCUT2D eigenvalue weighted by molar-refractivity contribution is 9.10. The molecule has 1 rings (SSSR count). The first kappa shape index (κ1) is 31.4. The van der Waals surface area contributed by atoms with Gasteiger partial charge in [-0.3, -0.25) is 33.1 Å². The maximum absolute atomic E-state index is 12.5. The molecule has 1 aliphatic rings. The lowest BCUT2D eigenvalue weighted by molar-refractivity contribution is -0.870. The zero-order valence-electron chi connectivity index (χ0n) is 20.9. The molecule has 0 saturated carbocycles. The number of amides is 2. The van der Waals surface area contributed by atoms with Crippen molar-refractivity contribution in [3.8, 4) is 0 Å². The maximum atomic E-state index is 12.5. The second kappa shape index (κ2) is 12.6. The smallest absolute Gasteiger partial charge is 0.463 e. The molecule has 200 valence electrons. The molecule has 0 spiro atoms. The molecule has 1 heterocycles. The summed E-state index contributed by atoms with van der Waals surface area (Å²) in [6, 6.07) is 0. The Morgan fingerprint density at radius 1 is 0.971 bits per heavy atom. The number of phosphoric ester groups is 1. The molecule has 14 heteroatoms.